The number of aromatic nitrogens is 2. The Morgan fingerprint density at radius 3 is 1.43 bits per heavy atom. The first-order valence-electron chi connectivity index (χ1n) is 4.97. The van der Waals surface area contributed by atoms with Gasteiger partial charge in [0, 0.05) is 12.4 Å². The number of carboxylic acids is 2. The van der Waals surface area contributed by atoms with Crippen molar-refractivity contribution in [2.75, 3.05) is 0 Å². The number of carboxylic acid groups (broad SMARTS) is 2. The van der Waals surface area contributed by atoms with Gasteiger partial charge in [-0.25, -0.2) is 9.59 Å². The number of aromatic carboxylic acids is 2. The Morgan fingerprint density at radius 1 is 0.810 bits per heavy atom. The van der Waals surface area contributed by atoms with Gasteiger partial charge in [0.25, 0.3) is 0 Å². The van der Waals surface area contributed by atoms with Gasteiger partial charge in [0.1, 0.15) is 0 Å². The Hall–Kier alpha value is -1.56. The van der Waals surface area contributed by atoms with Crippen molar-refractivity contribution < 1.29 is 64.1 Å². The minimum Gasteiger partial charge on any atom is -1.00 e. The largest absolute Gasteiger partial charge is 2.00 e. The van der Waals surface area contributed by atoms with Crippen LogP contribution in [0.15, 0.2) is 36.7 Å². The normalized spacial score (nSPS) is 8.57. The number of halogens is 2. The molecular weight excluding hydrogens is 408 g/mol. The fourth-order valence-electron chi connectivity index (χ4n) is 1.41. The third kappa shape index (κ3) is 5.38. The number of pyridine rings is 2. The predicted molar refractivity (Wildman–Crippen MR) is 61.4 cm³/mol. The Balaban J connectivity index is 0. The van der Waals surface area contributed by atoms with E-state index in [4.69, 9.17) is 10.2 Å². The number of carbonyl (C=O) groups is 2. The van der Waals surface area contributed by atoms with Crippen molar-refractivity contribution in [2.45, 2.75) is 0 Å². The molecule has 0 unspecified atom stereocenters. The zero-order valence-corrected chi connectivity index (χ0v) is 13.4. The summed E-state index contributed by atoms with van der Waals surface area (Å²) in [6.45, 7) is 0. The molecule has 2 rings (SSSR count). The van der Waals surface area contributed by atoms with Crippen LogP contribution in [0.5, 0.6) is 0 Å². The van der Waals surface area contributed by atoms with Crippen LogP contribution in [-0.4, -0.2) is 32.1 Å². The maximum Gasteiger partial charge on any atom is 2.00 e. The van der Waals surface area contributed by atoms with Crippen molar-refractivity contribution in [3.05, 3.63) is 47.8 Å². The molecule has 2 N–H and O–H groups in total. The van der Waals surface area contributed by atoms with Crippen LogP contribution in [0.2, 0.25) is 0 Å². The molecule has 9 heteroatoms. The molecule has 0 aliphatic carbocycles. The van der Waals surface area contributed by atoms with E-state index in [1.54, 1.807) is 0 Å². The van der Waals surface area contributed by atoms with E-state index in [0.717, 1.165) is 0 Å². The summed E-state index contributed by atoms with van der Waals surface area (Å²) in [5.41, 5.74) is 0.779. The van der Waals surface area contributed by atoms with Gasteiger partial charge in [0.15, 0.2) is 0 Å². The fourth-order valence-corrected chi connectivity index (χ4v) is 1.41. The van der Waals surface area contributed by atoms with E-state index >= 15 is 0 Å². The summed E-state index contributed by atoms with van der Waals surface area (Å²) in [4.78, 5) is 29.6. The van der Waals surface area contributed by atoms with Crippen molar-refractivity contribution in [3.63, 3.8) is 0 Å². The third-order valence-corrected chi connectivity index (χ3v) is 2.28. The molecule has 112 valence electrons. The molecule has 6 nitrogen and oxygen atoms in total. The molecule has 0 fully saturated rings. The average molecular weight is 416 g/mol. The molecule has 0 radical (unpaired) electrons. The minimum atomic E-state index is -1.08. The summed E-state index contributed by atoms with van der Waals surface area (Å²) < 4.78 is 0. The van der Waals surface area contributed by atoms with E-state index in [9.17, 15) is 9.59 Å². The molecule has 0 bridgehead atoms. The first kappa shape index (κ1) is 21.7. The molecule has 2 aromatic rings. The van der Waals surface area contributed by atoms with Gasteiger partial charge in [-0.2, -0.15) is 0 Å². The quantitative estimate of drug-likeness (QED) is 0.490. The van der Waals surface area contributed by atoms with E-state index in [1.165, 1.54) is 36.7 Å². The van der Waals surface area contributed by atoms with E-state index in [1.807, 2.05) is 0 Å². The van der Waals surface area contributed by atoms with Crippen LogP contribution >= 0.6 is 0 Å². The van der Waals surface area contributed by atoms with Gasteiger partial charge >= 0.3 is 31.4 Å². The van der Waals surface area contributed by atoms with Crippen molar-refractivity contribution in [2.24, 2.45) is 0 Å². The second-order valence-corrected chi connectivity index (χ2v) is 3.47. The van der Waals surface area contributed by atoms with Crippen LogP contribution in [0, 0.1) is 0 Å². The van der Waals surface area contributed by atoms with Gasteiger partial charge in [0.2, 0.25) is 0 Å². The van der Waals surface area contributed by atoms with Crippen LogP contribution in [0.1, 0.15) is 20.7 Å². The SMILES string of the molecule is O=C(O)c1ccnc(-c2cc(C(=O)O)ccn2)c1.[Cl-].[Cl-].[Ru+2]. The fraction of sp³-hybridized carbons (Fsp3) is 0. The number of hydrogen-bond donors (Lipinski definition) is 2. The van der Waals surface area contributed by atoms with Crippen molar-refractivity contribution in [3.8, 4) is 11.4 Å². The molecule has 0 amide bonds. The van der Waals surface area contributed by atoms with Gasteiger partial charge in [0.05, 0.1) is 22.5 Å². The number of nitrogens with zero attached hydrogens (tertiary/aromatic N) is 2. The molecule has 21 heavy (non-hydrogen) atoms. The van der Waals surface area contributed by atoms with E-state index in [2.05, 4.69) is 9.97 Å². The first-order valence-corrected chi connectivity index (χ1v) is 4.97. The van der Waals surface area contributed by atoms with Gasteiger partial charge in [-0.15, -0.1) is 0 Å². The summed E-state index contributed by atoms with van der Waals surface area (Å²) in [6, 6.07) is 5.40. The number of rotatable bonds is 3. The molecule has 0 saturated carbocycles. The Labute approximate surface area is 145 Å². The van der Waals surface area contributed by atoms with Crippen molar-refractivity contribution in [1.82, 2.24) is 9.97 Å². The second-order valence-electron chi connectivity index (χ2n) is 3.47. The van der Waals surface area contributed by atoms with Crippen molar-refractivity contribution in [1.29, 1.82) is 0 Å². The molecule has 0 aliphatic heterocycles. The minimum absolute atomic E-state index is 0. The zero-order chi connectivity index (χ0) is 13.1. The monoisotopic (exact) mass is 416 g/mol. The molecule has 0 atom stereocenters. The molecule has 0 aliphatic rings. The van der Waals surface area contributed by atoms with Gasteiger partial charge in [-0.1, -0.05) is 0 Å². The van der Waals surface area contributed by atoms with Crippen LogP contribution in [0.3, 0.4) is 0 Å². The summed E-state index contributed by atoms with van der Waals surface area (Å²) in [6.07, 6.45) is 2.68. The smallest absolute Gasteiger partial charge is 1.00 e. The number of hydrogen-bond acceptors (Lipinski definition) is 4. The standard InChI is InChI=1S/C12H8N2O4.2ClH.Ru/c15-11(16)7-1-3-13-9(5-7)10-6-8(12(17)18)2-4-14-10;;;/h1-6H,(H,15,16)(H,17,18);2*1H;/q;;;+2/p-2. The van der Waals surface area contributed by atoms with E-state index < -0.39 is 11.9 Å². The van der Waals surface area contributed by atoms with Crippen molar-refractivity contribution >= 4 is 11.9 Å². The van der Waals surface area contributed by atoms with Gasteiger partial charge in [-0.3, -0.25) is 9.97 Å². The zero-order valence-electron chi connectivity index (χ0n) is 10.2. The average Bonchev–Trinajstić information content (AvgIpc) is 2.39. The van der Waals surface area contributed by atoms with Gasteiger partial charge in [-0.05, 0) is 24.3 Å². The predicted octanol–water partition coefficient (Wildman–Crippen LogP) is -4.45. The summed E-state index contributed by atoms with van der Waals surface area (Å²) in [5, 5.41) is 17.7. The van der Waals surface area contributed by atoms with E-state index in [-0.39, 0.29) is 55.4 Å². The Bertz CT molecular complexity index is 585. The Morgan fingerprint density at radius 2 is 1.14 bits per heavy atom. The van der Waals surface area contributed by atoms with E-state index in [0.29, 0.717) is 11.4 Å². The molecule has 2 heterocycles. The molecule has 0 saturated heterocycles. The van der Waals surface area contributed by atoms with Crippen LogP contribution in [-0.2, 0) is 19.5 Å². The molecular formula is C12H8Cl2N2O4Ru. The summed E-state index contributed by atoms with van der Waals surface area (Å²) in [7, 11) is 0. The molecule has 0 spiro atoms. The topological polar surface area (TPSA) is 100 Å². The van der Waals surface area contributed by atoms with Crippen LogP contribution in [0.25, 0.3) is 11.4 Å². The van der Waals surface area contributed by atoms with Crippen LogP contribution in [0.4, 0.5) is 0 Å². The Kier molecular flexibility index (Phi) is 9.72. The maximum atomic E-state index is 10.8. The first-order chi connectivity index (χ1) is 8.58. The molecule has 2 aromatic heterocycles. The summed E-state index contributed by atoms with van der Waals surface area (Å²) in [5.74, 6) is -2.15. The third-order valence-electron chi connectivity index (χ3n) is 2.28. The maximum absolute atomic E-state index is 10.8. The second kappa shape index (κ2) is 9.39. The summed E-state index contributed by atoms with van der Waals surface area (Å²) >= 11 is 0. The van der Waals surface area contributed by atoms with Crippen LogP contribution < -0.4 is 24.8 Å². The molecule has 0 aromatic carbocycles. The van der Waals surface area contributed by atoms with Gasteiger partial charge < -0.3 is 35.0 Å².